The molecule has 0 fully saturated rings. The largest absolute Gasteiger partial charge is 0.492 e. The average Bonchev–Trinajstić information content (AvgIpc) is 3.40. The molecule has 7 nitrogen and oxygen atoms in total. The molecule has 5 rings (SSSR count). The molecule has 4 aromatic carbocycles. The molecule has 0 radical (unpaired) electrons. The zero-order valence-electron chi connectivity index (χ0n) is 21.3. The van der Waals surface area contributed by atoms with Crippen LogP contribution in [0.2, 0.25) is 0 Å². The van der Waals surface area contributed by atoms with Gasteiger partial charge < -0.3 is 10.1 Å². The average molecular weight is 637 g/mol. The Morgan fingerprint density at radius 2 is 1.68 bits per heavy atom. The van der Waals surface area contributed by atoms with Crippen molar-refractivity contribution in [1.29, 1.82) is 0 Å². The van der Waals surface area contributed by atoms with Gasteiger partial charge in [0.05, 0.1) is 21.7 Å². The van der Waals surface area contributed by atoms with E-state index in [2.05, 4.69) is 26.6 Å². The lowest BCUT2D eigenvalue weighted by molar-refractivity contribution is 0.0977. The molecule has 0 bridgehead atoms. The Balaban J connectivity index is 1.15. The number of sulfonamides is 1. The molecule has 10 heteroatoms. The van der Waals surface area contributed by atoms with E-state index in [9.17, 15) is 13.2 Å². The smallest absolute Gasteiger partial charge is 0.264 e. The number of thiocarbonyl (C=S) groups is 1. The van der Waals surface area contributed by atoms with E-state index < -0.39 is 10.0 Å². The van der Waals surface area contributed by atoms with Gasteiger partial charge in [0.25, 0.3) is 15.9 Å². The van der Waals surface area contributed by atoms with E-state index in [1.54, 1.807) is 30.3 Å². The van der Waals surface area contributed by atoms with Gasteiger partial charge in [-0.05, 0) is 94.2 Å². The number of ether oxygens (including phenoxy) is 1. The summed E-state index contributed by atoms with van der Waals surface area (Å²) < 4.78 is 34.4. The summed E-state index contributed by atoms with van der Waals surface area (Å²) in [6.07, 6.45) is 1.46. The first-order chi connectivity index (χ1) is 19.3. The van der Waals surface area contributed by atoms with E-state index in [0.29, 0.717) is 46.7 Å². The molecule has 0 saturated carbocycles. The minimum atomic E-state index is -3.69. The SMILES string of the molecule is O=C(NC(=S)Nc1ccc(S(=O)(=O)N2CCc3ccccc32)cc1)c1ccc(OCCc2ccccc2)c(Br)c1. The fourth-order valence-corrected chi connectivity index (χ4v) is 6.62. The lowest BCUT2D eigenvalue weighted by Crippen LogP contribution is -2.34. The van der Waals surface area contributed by atoms with Gasteiger partial charge in [-0.25, -0.2) is 8.42 Å². The van der Waals surface area contributed by atoms with Crippen LogP contribution in [0.5, 0.6) is 5.75 Å². The fourth-order valence-electron chi connectivity index (χ4n) is 4.42. The maximum absolute atomic E-state index is 13.2. The number of fused-ring (bicyclic) bond motifs is 1. The van der Waals surface area contributed by atoms with Crippen molar-refractivity contribution in [2.24, 2.45) is 0 Å². The van der Waals surface area contributed by atoms with Gasteiger partial charge in [-0.15, -0.1) is 0 Å². The van der Waals surface area contributed by atoms with E-state index in [4.69, 9.17) is 17.0 Å². The molecule has 204 valence electrons. The molecule has 0 unspecified atom stereocenters. The van der Waals surface area contributed by atoms with Gasteiger partial charge in [-0.1, -0.05) is 48.5 Å². The molecule has 1 aliphatic heterocycles. The monoisotopic (exact) mass is 635 g/mol. The Hall–Kier alpha value is -3.73. The van der Waals surface area contributed by atoms with Crippen LogP contribution in [-0.2, 0) is 22.9 Å². The summed E-state index contributed by atoms with van der Waals surface area (Å²) in [6.45, 7) is 0.919. The van der Waals surface area contributed by atoms with Gasteiger partial charge in [0.1, 0.15) is 5.75 Å². The molecule has 1 amide bonds. The fraction of sp³-hybridized carbons (Fsp3) is 0.133. The number of anilines is 2. The summed E-state index contributed by atoms with van der Waals surface area (Å²) in [5.74, 6) is 0.251. The lowest BCUT2D eigenvalue weighted by atomic mass is 10.2. The molecule has 1 aliphatic rings. The number of benzene rings is 4. The molecular weight excluding hydrogens is 610 g/mol. The number of carbonyl (C=O) groups is 1. The highest BCUT2D eigenvalue weighted by atomic mass is 79.9. The standard InChI is InChI=1S/C30H26BrN3O4S2/c31-26-20-23(10-15-28(26)38-19-17-21-6-2-1-3-7-21)29(35)33-30(39)32-24-11-13-25(14-12-24)40(36,37)34-18-16-22-8-4-5-9-27(22)34/h1-15,20H,16-19H2,(H2,32,33,35,39). The third-order valence-corrected chi connectivity index (χ3v) is 9.11. The van der Waals surface area contributed by atoms with Crippen LogP contribution in [0.3, 0.4) is 0 Å². The van der Waals surface area contributed by atoms with Crippen molar-refractivity contribution in [1.82, 2.24) is 5.32 Å². The van der Waals surface area contributed by atoms with E-state index in [1.165, 1.54) is 22.0 Å². The first kappa shape index (κ1) is 27.8. The predicted molar refractivity (Wildman–Crippen MR) is 165 cm³/mol. The van der Waals surface area contributed by atoms with Crippen molar-refractivity contribution in [3.63, 3.8) is 0 Å². The van der Waals surface area contributed by atoms with Crippen LogP contribution in [0.1, 0.15) is 21.5 Å². The highest BCUT2D eigenvalue weighted by Crippen LogP contribution is 2.33. The van der Waals surface area contributed by atoms with E-state index in [-0.39, 0.29) is 15.9 Å². The Labute approximate surface area is 247 Å². The summed E-state index contributed by atoms with van der Waals surface area (Å²) in [5, 5.41) is 5.67. The van der Waals surface area contributed by atoms with Crippen molar-refractivity contribution < 1.29 is 17.9 Å². The second kappa shape index (κ2) is 12.2. The van der Waals surface area contributed by atoms with E-state index in [1.807, 2.05) is 54.6 Å². The summed E-state index contributed by atoms with van der Waals surface area (Å²) >= 11 is 8.78. The third kappa shape index (κ3) is 6.35. The zero-order valence-corrected chi connectivity index (χ0v) is 24.6. The number of para-hydroxylation sites is 1. The van der Waals surface area contributed by atoms with Crippen LogP contribution in [0.4, 0.5) is 11.4 Å². The maximum atomic E-state index is 13.2. The highest BCUT2D eigenvalue weighted by molar-refractivity contribution is 9.10. The van der Waals surface area contributed by atoms with Crippen LogP contribution >= 0.6 is 28.1 Å². The van der Waals surface area contributed by atoms with Crippen LogP contribution in [-0.4, -0.2) is 32.6 Å². The summed E-state index contributed by atoms with van der Waals surface area (Å²) in [5.41, 5.74) is 3.87. The first-order valence-electron chi connectivity index (χ1n) is 12.6. The first-order valence-corrected chi connectivity index (χ1v) is 15.2. The number of hydrogen-bond donors (Lipinski definition) is 2. The number of carbonyl (C=O) groups excluding carboxylic acids is 1. The van der Waals surface area contributed by atoms with Gasteiger partial charge in [-0.3, -0.25) is 14.4 Å². The number of halogens is 1. The van der Waals surface area contributed by atoms with Gasteiger partial charge >= 0.3 is 0 Å². The molecule has 0 aromatic heterocycles. The van der Waals surface area contributed by atoms with E-state index in [0.717, 1.165) is 12.0 Å². The summed E-state index contributed by atoms with van der Waals surface area (Å²) in [4.78, 5) is 12.9. The van der Waals surface area contributed by atoms with Gasteiger partial charge in [0.2, 0.25) is 0 Å². The Bertz CT molecular complexity index is 1650. The quantitative estimate of drug-likeness (QED) is 0.233. The molecule has 0 saturated heterocycles. The molecule has 0 spiro atoms. The lowest BCUT2D eigenvalue weighted by Gasteiger charge is -2.19. The summed E-state index contributed by atoms with van der Waals surface area (Å²) in [6, 6.07) is 28.9. The van der Waals surface area contributed by atoms with Crippen molar-refractivity contribution in [3.8, 4) is 5.75 Å². The molecule has 0 atom stereocenters. The Morgan fingerprint density at radius 1 is 0.950 bits per heavy atom. The molecule has 1 heterocycles. The van der Waals surface area contributed by atoms with Crippen LogP contribution < -0.4 is 19.7 Å². The molecule has 0 aliphatic carbocycles. The molecule has 2 N–H and O–H groups in total. The normalized spacial score (nSPS) is 12.5. The molecule has 4 aromatic rings. The Kier molecular flexibility index (Phi) is 8.49. The number of hydrogen-bond acceptors (Lipinski definition) is 5. The third-order valence-electron chi connectivity index (χ3n) is 6.46. The minimum absolute atomic E-state index is 0.0911. The van der Waals surface area contributed by atoms with Gasteiger partial charge in [0.15, 0.2) is 5.11 Å². The Morgan fingerprint density at radius 3 is 2.42 bits per heavy atom. The van der Waals surface area contributed by atoms with Crippen LogP contribution in [0.25, 0.3) is 0 Å². The van der Waals surface area contributed by atoms with Crippen molar-refractivity contribution in [2.75, 3.05) is 22.8 Å². The number of nitrogens with zero attached hydrogens (tertiary/aromatic N) is 1. The van der Waals surface area contributed by atoms with E-state index >= 15 is 0 Å². The highest BCUT2D eigenvalue weighted by Gasteiger charge is 2.30. The number of nitrogens with one attached hydrogen (secondary N) is 2. The predicted octanol–water partition coefficient (Wildman–Crippen LogP) is 5.95. The topological polar surface area (TPSA) is 87.7 Å². The molecule has 40 heavy (non-hydrogen) atoms. The van der Waals surface area contributed by atoms with Crippen LogP contribution in [0, 0.1) is 0 Å². The second-order valence-electron chi connectivity index (χ2n) is 9.12. The second-order valence-corrected chi connectivity index (χ2v) is 12.2. The molecular formula is C30H26BrN3O4S2. The van der Waals surface area contributed by atoms with Crippen molar-refractivity contribution in [2.45, 2.75) is 17.7 Å². The summed E-state index contributed by atoms with van der Waals surface area (Å²) in [7, 11) is -3.69. The van der Waals surface area contributed by atoms with Gasteiger partial charge in [0, 0.05) is 24.2 Å². The minimum Gasteiger partial charge on any atom is -0.492 e. The van der Waals surface area contributed by atoms with Crippen LogP contribution in [0.15, 0.2) is 106 Å². The van der Waals surface area contributed by atoms with Crippen molar-refractivity contribution >= 4 is 60.6 Å². The number of rotatable bonds is 8. The zero-order chi connectivity index (χ0) is 28.1. The number of amides is 1. The maximum Gasteiger partial charge on any atom is 0.264 e. The van der Waals surface area contributed by atoms with Gasteiger partial charge in [-0.2, -0.15) is 0 Å². The van der Waals surface area contributed by atoms with Crippen molar-refractivity contribution in [3.05, 3.63) is 118 Å².